The van der Waals surface area contributed by atoms with E-state index >= 15 is 0 Å². The molecule has 0 unspecified atom stereocenters. The molecule has 3 aromatic rings. The smallest absolute Gasteiger partial charge is 0.146 e. The van der Waals surface area contributed by atoms with Crippen LogP contribution in [0, 0.1) is 6.92 Å². The molecule has 3 rings (SSSR count). The SMILES string of the molecule is Cc1ncc2ccc(-c3ccccc3)n2n1. The number of aromatic nitrogens is 3. The monoisotopic (exact) mass is 209 g/mol. The molecule has 0 aliphatic rings. The summed E-state index contributed by atoms with van der Waals surface area (Å²) in [5, 5.41) is 4.42. The van der Waals surface area contributed by atoms with Crippen LogP contribution in [0.4, 0.5) is 0 Å². The fourth-order valence-electron chi connectivity index (χ4n) is 1.81. The molecule has 0 radical (unpaired) electrons. The van der Waals surface area contributed by atoms with E-state index in [4.69, 9.17) is 0 Å². The summed E-state index contributed by atoms with van der Waals surface area (Å²) in [5.74, 6) is 0.779. The third-order valence-corrected chi connectivity index (χ3v) is 2.58. The van der Waals surface area contributed by atoms with Gasteiger partial charge in [0.25, 0.3) is 0 Å². The number of nitrogens with zero attached hydrogens (tertiary/aromatic N) is 3. The lowest BCUT2D eigenvalue weighted by Gasteiger charge is -2.02. The lowest BCUT2D eigenvalue weighted by Crippen LogP contribution is -1.98. The number of benzene rings is 1. The molecule has 0 amide bonds. The molecule has 0 saturated heterocycles. The van der Waals surface area contributed by atoms with Crippen molar-refractivity contribution in [2.45, 2.75) is 6.92 Å². The zero-order valence-corrected chi connectivity index (χ0v) is 8.96. The molecule has 0 atom stereocenters. The van der Waals surface area contributed by atoms with Crippen molar-refractivity contribution in [2.75, 3.05) is 0 Å². The van der Waals surface area contributed by atoms with Crippen LogP contribution >= 0.6 is 0 Å². The first-order chi connectivity index (χ1) is 7.84. The van der Waals surface area contributed by atoms with Crippen molar-refractivity contribution in [2.24, 2.45) is 0 Å². The Morgan fingerprint density at radius 3 is 2.62 bits per heavy atom. The molecule has 0 bridgehead atoms. The third kappa shape index (κ3) is 1.37. The Hall–Kier alpha value is -2.16. The van der Waals surface area contributed by atoms with E-state index in [0.717, 1.165) is 17.0 Å². The van der Waals surface area contributed by atoms with Crippen LogP contribution in [0.5, 0.6) is 0 Å². The Morgan fingerprint density at radius 2 is 1.81 bits per heavy atom. The van der Waals surface area contributed by atoms with Gasteiger partial charge in [-0.3, -0.25) is 0 Å². The third-order valence-electron chi connectivity index (χ3n) is 2.58. The van der Waals surface area contributed by atoms with Crippen LogP contribution in [-0.2, 0) is 0 Å². The summed E-state index contributed by atoms with van der Waals surface area (Å²) >= 11 is 0. The van der Waals surface area contributed by atoms with Crippen molar-refractivity contribution in [3.63, 3.8) is 0 Å². The van der Waals surface area contributed by atoms with E-state index in [1.54, 1.807) is 0 Å². The molecule has 3 nitrogen and oxygen atoms in total. The Kier molecular flexibility index (Phi) is 1.96. The zero-order valence-electron chi connectivity index (χ0n) is 8.96. The molecule has 78 valence electrons. The normalized spacial score (nSPS) is 10.8. The summed E-state index contributed by atoms with van der Waals surface area (Å²) in [6.45, 7) is 1.90. The summed E-state index contributed by atoms with van der Waals surface area (Å²) < 4.78 is 1.93. The first-order valence-corrected chi connectivity index (χ1v) is 5.21. The van der Waals surface area contributed by atoms with Gasteiger partial charge in [0.15, 0.2) is 0 Å². The first kappa shape index (κ1) is 9.09. The predicted molar refractivity (Wildman–Crippen MR) is 63.2 cm³/mol. The van der Waals surface area contributed by atoms with Gasteiger partial charge in [0, 0.05) is 5.56 Å². The van der Waals surface area contributed by atoms with Crippen LogP contribution in [0.15, 0.2) is 48.7 Å². The molecule has 3 heteroatoms. The minimum absolute atomic E-state index is 0.779. The number of hydrogen-bond donors (Lipinski definition) is 0. The Bertz CT molecular complexity index is 626. The van der Waals surface area contributed by atoms with Crippen molar-refractivity contribution in [3.05, 3.63) is 54.5 Å². The maximum Gasteiger partial charge on any atom is 0.146 e. The highest BCUT2D eigenvalue weighted by atomic mass is 15.2. The first-order valence-electron chi connectivity index (χ1n) is 5.21. The molecule has 1 aromatic carbocycles. The topological polar surface area (TPSA) is 30.2 Å². The van der Waals surface area contributed by atoms with Gasteiger partial charge in [-0.15, -0.1) is 0 Å². The maximum atomic E-state index is 4.42. The van der Waals surface area contributed by atoms with E-state index in [0.29, 0.717) is 0 Å². The number of aryl methyl sites for hydroxylation is 1. The van der Waals surface area contributed by atoms with Crippen LogP contribution < -0.4 is 0 Å². The van der Waals surface area contributed by atoms with E-state index in [1.165, 1.54) is 5.56 Å². The molecular formula is C13H11N3. The van der Waals surface area contributed by atoms with Gasteiger partial charge in [0.05, 0.1) is 17.4 Å². The van der Waals surface area contributed by atoms with Gasteiger partial charge in [0.1, 0.15) is 5.82 Å². The van der Waals surface area contributed by atoms with Crippen LogP contribution in [0.25, 0.3) is 16.8 Å². The quantitative estimate of drug-likeness (QED) is 0.616. The van der Waals surface area contributed by atoms with Crippen LogP contribution in [-0.4, -0.2) is 14.6 Å². The number of hydrogen-bond acceptors (Lipinski definition) is 2. The lowest BCUT2D eigenvalue weighted by atomic mass is 10.2. The average Bonchev–Trinajstić information content (AvgIpc) is 2.73. The van der Waals surface area contributed by atoms with Gasteiger partial charge < -0.3 is 0 Å². The van der Waals surface area contributed by atoms with Crippen LogP contribution in [0.2, 0.25) is 0 Å². The van der Waals surface area contributed by atoms with Gasteiger partial charge in [-0.2, -0.15) is 5.10 Å². The minimum atomic E-state index is 0.779. The standard InChI is InChI=1S/C13H11N3/c1-10-14-9-12-7-8-13(16(12)15-10)11-5-3-2-4-6-11/h2-9H,1H3. The molecule has 0 aliphatic carbocycles. The second-order valence-corrected chi connectivity index (χ2v) is 3.73. The van der Waals surface area contributed by atoms with Gasteiger partial charge in [-0.05, 0) is 19.1 Å². The van der Waals surface area contributed by atoms with Crippen LogP contribution in [0.3, 0.4) is 0 Å². The highest BCUT2D eigenvalue weighted by Gasteiger charge is 2.05. The summed E-state index contributed by atoms with van der Waals surface area (Å²) in [6.07, 6.45) is 1.84. The van der Waals surface area contributed by atoms with Crippen molar-refractivity contribution < 1.29 is 0 Å². The summed E-state index contributed by atoms with van der Waals surface area (Å²) in [4.78, 5) is 4.18. The van der Waals surface area contributed by atoms with E-state index in [1.807, 2.05) is 41.9 Å². The second kappa shape index (κ2) is 3.45. The summed E-state index contributed by atoms with van der Waals surface area (Å²) in [6, 6.07) is 14.3. The molecule has 16 heavy (non-hydrogen) atoms. The van der Waals surface area contributed by atoms with Gasteiger partial charge >= 0.3 is 0 Å². The Labute approximate surface area is 93.4 Å². The second-order valence-electron chi connectivity index (χ2n) is 3.73. The maximum absolute atomic E-state index is 4.42. The molecule has 2 heterocycles. The largest absolute Gasteiger partial charge is 0.238 e. The van der Waals surface area contributed by atoms with Crippen molar-refractivity contribution in [1.82, 2.24) is 14.6 Å². The molecule has 0 saturated carbocycles. The Morgan fingerprint density at radius 1 is 1.00 bits per heavy atom. The van der Waals surface area contributed by atoms with Gasteiger partial charge in [-0.1, -0.05) is 30.3 Å². The van der Waals surface area contributed by atoms with E-state index < -0.39 is 0 Å². The molecule has 0 aliphatic heterocycles. The van der Waals surface area contributed by atoms with Gasteiger partial charge in [-0.25, -0.2) is 9.50 Å². The van der Waals surface area contributed by atoms with Gasteiger partial charge in [0.2, 0.25) is 0 Å². The van der Waals surface area contributed by atoms with E-state index in [9.17, 15) is 0 Å². The molecule has 0 N–H and O–H groups in total. The number of fused-ring (bicyclic) bond motifs is 1. The summed E-state index contributed by atoms with van der Waals surface area (Å²) in [7, 11) is 0. The summed E-state index contributed by atoms with van der Waals surface area (Å²) in [5.41, 5.74) is 3.28. The Balaban J connectivity index is 2.29. The van der Waals surface area contributed by atoms with E-state index in [-0.39, 0.29) is 0 Å². The number of rotatable bonds is 1. The minimum Gasteiger partial charge on any atom is -0.238 e. The highest BCUT2D eigenvalue weighted by molar-refractivity contribution is 5.65. The average molecular weight is 209 g/mol. The van der Waals surface area contributed by atoms with Crippen molar-refractivity contribution in [1.29, 1.82) is 0 Å². The highest BCUT2D eigenvalue weighted by Crippen LogP contribution is 2.20. The van der Waals surface area contributed by atoms with Crippen molar-refractivity contribution >= 4 is 5.52 Å². The fourth-order valence-corrected chi connectivity index (χ4v) is 1.81. The fraction of sp³-hybridized carbons (Fsp3) is 0.0769. The molecule has 2 aromatic heterocycles. The molecule has 0 spiro atoms. The molecular weight excluding hydrogens is 198 g/mol. The van der Waals surface area contributed by atoms with Crippen LogP contribution in [0.1, 0.15) is 5.82 Å². The van der Waals surface area contributed by atoms with E-state index in [2.05, 4.69) is 28.3 Å². The predicted octanol–water partition coefficient (Wildman–Crippen LogP) is 2.70. The zero-order chi connectivity index (χ0) is 11.0. The lowest BCUT2D eigenvalue weighted by molar-refractivity contribution is 0.862. The molecule has 0 fully saturated rings. The van der Waals surface area contributed by atoms with Crippen molar-refractivity contribution in [3.8, 4) is 11.3 Å².